The van der Waals surface area contributed by atoms with Gasteiger partial charge in [0, 0.05) is 16.8 Å². The minimum Gasteiger partial charge on any atom is -0.507 e. The molecule has 0 radical (unpaired) electrons. The first kappa shape index (κ1) is 20.7. The Bertz CT molecular complexity index is 1300. The largest absolute Gasteiger partial charge is 0.507 e. The molecular weight excluding hydrogens is 432 g/mol. The molecule has 33 heavy (non-hydrogen) atoms. The van der Waals surface area contributed by atoms with Crippen molar-refractivity contribution in [1.29, 1.82) is 0 Å². The summed E-state index contributed by atoms with van der Waals surface area (Å²) in [6.07, 6.45) is 0. The number of anilines is 1. The predicted molar refractivity (Wildman–Crippen MR) is 115 cm³/mol. The van der Waals surface area contributed by atoms with Gasteiger partial charge in [0.2, 0.25) is 0 Å². The number of ketones is 1. The Morgan fingerprint density at radius 1 is 0.909 bits per heavy atom. The van der Waals surface area contributed by atoms with Crippen LogP contribution in [0.3, 0.4) is 0 Å². The number of halogens is 2. The molecule has 5 rings (SSSR count). The Kier molecular flexibility index (Phi) is 5.05. The van der Waals surface area contributed by atoms with Crippen molar-refractivity contribution in [2.45, 2.75) is 6.04 Å². The molecule has 3 aromatic carbocycles. The van der Waals surface area contributed by atoms with Gasteiger partial charge in [-0.1, -0.05) is 18.2 Å². The lowest BCUT2D eigenvalue weighted by Gasteiger charge is -2.26. The van der Waals surface area contributed by atoms with E-state index in [1.165, 1.54) is 42.5 Å². The molecule has 1 unspecified atom stereocenters. The van der Waals surface area contributed by atoms with Crippen LogP contribution in [0.1, 0.15) is 17.2 Å². The number of rotatable bonds is 3. The first-order valence-corrected chi connectivity index (χ1v) is 10.2. The van der Waals surface area contributed by atoms with Crippen LogP contribution in [0.2, 0.25) is 0 Å². The number of hydrogen-bond acceptors (Lipinski definition) is 5. The molecule has 2 aliphatic rings. The highest BCUT2D eigenvalue weighted by molar-refractivity contribution is 6.51. The summed E-state index contributed by atoms with van der Waals surface area (Å²) in [5, 5.41) is 11.1. The van der Waals surface area contributed by atoms with Crippen LogP contribution in [-0.2, 0) is 9.59 Å². The Labute approximate surface area is 187 Å². The summed E-state index contributed by atoms with van der Waals surface area (Å²) in [4.78, 5) is 27.2. The maximum Gasteiger partial charge on any atom is 0.300 e. The molecule has 6 nitrogen and oxygen atoms in total. The zero-order valence-electron chi connectivity index (χ0n) is 17.1. The van der Waals surface area contributed by atoms with Crippen molar-refractivity contribution in [3.8, 4) is 11.5 Å². The zero-order valence-corrected chi connectivity index (χ0v) is 17.1. The molecule has 0 spiro atoms. The molecule has 2 aliphatic heterocycles. The van der Waals surface area contributed by atoms with E-state index >= 15 is 0 Å². The second kappa shape index (κ2) is 8.05. The van der Waals surface area contributed by atoms with Crippen molar-refractivity contribution < 1.29 is 33.0 Å². The fraction of sp³-hybridized carbons (Fsp3) is 0.120. The number of Topliss-reactive ketones (excluding diaryl/α,β-unsaturated/α-hetero) is 1. The highest BCUT2D eigenvalue weighted by atomic mass is 19.1. The summed E-state index contributed by atoms with van der Waals surface area (Å²) in [5.41, 5.74) is 0.122. The molecule has 0 aromatic heterocycles. The summed E-state index contributed by atoms with van der Waals surface area (Å²) in [5.74, 6) is -2.77. The quantitative estimate of drug-likeness (QED) is 0.365. The van der Waals surface area contributed by atoms with Crippen LogP contribution in [0.25, 0.3) is 5.76 Å². The fourth-order valence-corrected chi connectivity index (χ4v) is 4.04. The normalized spacial score (nSPS) is 19.1. The average molecular weight is 449 g/mol. The standard InChI is InChI=1S/C25H17F2NO5/c26-15-6-8-16(9-7-15)28-22(17-3-1-2-4-18(17)27)21(24(30)25(28)31)23(29)14-5-10-19-20(13-14)33-12-11-32-19/h1-10,13,22,29H,11-12H2/b23-21+. The summed E-state index contributed by atoms with van der Waals surface area (Å²) < 4.78 is 39.4. The molecule has 3 aromatic rings. The van der Waals surface area contributed by atoms with Crippen LogP contribution in [0, 0.1) is 11.6 Å². The molecule has 0 bridgehead atoms. The van der Waals surface area contributed by atoms with Gasteiger partial charge in [-0.25, -0.2) is 8.78 Å². The maximum absolute atomic E-state index is 14.9. The number of fused-ring (bicyclic) bond motifs is 1. The summed E-state index contributed by atoms with van der Waals surface area (Å²) in [6.45, 7) is 0.704. The van der Waals surface area contributed by atoms with Crippen molar-refractivity contribution in [3.05, 3.63) is 95.1 Å². The van der Waals surface area contributed by atoms with Gasteiger partial charge in [-0.15, -0.1) is 0 Å². The van der Waals surface area contributed by atoms with Crippen molar-refractivity contribution in [2.24, 2.45) is 0 Å². The van der Waals surface area contributed by atoms with Crippen LogP contribution in [0.15, 0.2) is 72.3 Å². The summed E-state index contributed by atoms with van der Waals surface area (Å²) in [6, 6.07) is 13.9. The van der Waals surface area contributed by atoms with Crippen LogP contribution in [0.5, 0.6) is 11.5 Å². The lowest BCUT2D eigenvalue weighted by atomic mass is 9.94. The minimum atomic E-state index is -1.26. The molecule has 0 saturated carbocycles. The Hall–Kier alpha value is -4.20. The van der Waals surface area contributed by atoms with Gasteiger partial charge in [-0.3, -0.25) is 14.5 Å². The van der Waals surface area contributed by atoms with E-state index in [1.807, 2.05) is 0 Å². The SMILES string of the molecule is O=C1C(=O)N(c2ccc(F)cc2)C(c2ccccc2F)/C1=C(\O)c1ccc2c(c1)OCCO2. The topological polar surface area (TPSA) is 76.1 Å². The molecule has 1 atom stereocenters. The van der Waals surface area contributed by atoms with E-state index < -0.39 is 35.1 Å². The first-order chi connectivity index (χ1) is 16.0. The van der Waals surface area contributed by atoms with Gasteiger partial charge in [0.25, 0.3) is 11.7 Å². The number of ether oxygens (including phenoxy) is 2. The van der Waals surface area contributed by atoms with E-state index in [0.717, 1.165) is 17.0 Å². The van der Waals surface area contributed by atoms with E-state index in [2.05, 4.69) is 0 Å². The van der Waals surface area contributed by atoms with E-state index in [0.29, 0.717) is 24.7 Å². The molecule has 0 aliphatic carbocycles. The molecular formula is C25H17F2NO5. The Morgan fingerprint density at radius 3 is 2.33 bits per heavy atom. The zero-order chi connectivity index (χ0) is 23.1. The van der Waals surface area contributed by atoms with Crippen molar-refractivity contribution in [1.82, 2.24) is 0 Å². The van der Waals surface area contributed by atoms with Crippen molar-refractivity contribution in [2.75, 3.05) is 18.1 Å². The number of nitrogens with zero attached hydrogens (tertiary/aromatic N) is 1. The second-order valence-corrected chi connectivity index (χ2v) is 7.53. The van der Waals surface area contributed by atoms with E-state index in [-0.39, 0.29) is 22.4 Å². The van der Waals surface area contributed by atoms with E-state index in [1.54, 1.807) is 12.1 Å². The number of hydrogen-bond donors (Lipinski definition) is 1. The second-order valence-electron chi connectivity index (χ2n) is 7.53. The van der Waals surface area contributed by atoms with Gasteiger partial charge in [-0.2, -0.15) is 0 Å². The number of carbonyl (C=O) groups is 2. The maximum atomic E-state index is 14.9. The van der Waals surface area contributed by atoms with E-state index in [4.69, 9.17) is 9.47 Å². The molecule has 1 amide bonds. The van der Waals surface area contributed by atoms with Gasteiger partial charge in [0.1, 0.15) is 30.6 Å². The van der Waals surface area contributed by atoms with Gasteiger partial charge in [0.05, 0.1) is 11.6 Å². The number of benzene rings is 3. The molecule has 8 heteroatoms. The number of aliphatic hydroxyl groups excluding tert-OH is 1. The van der Waals surface area contributed by atoms with Crippen LogP contribution in [-0.4, -0.2) is 30.0 Å². The lowest BCUT2D eigenvalue weighted by Crippen LogP contribution is -2.29. The number of aliphatic hydroxyl groups is 1. The highest BCUT2D eigenvalue weighted by Crippen LogP contribution is 2.43. The summed E-state index contributed by atoms with van der Waals surface area (Å²) in [7, 11) is 0. The average Bonchev–Trinajstić information content (AvgIpc) is 3.09. The smallest absolute Gasteiger partial charge is 0.300 e. The molecule has 1 saturated heterocycles. The molecule has 2 heterocycles. The predicted octanol–water partition coefficient (Wildman–Crippen LogP) is 4.36. The molecule has 166 valence electrons. The van der Waals surface area contributed by atoms with Gasteiger partial charge < -0.3 is 14.6 Å². The molecule has 1 fully saturated rings. The number of carbonyl (C=O) groups excluding carboxylic acids is 2. The van der Waals surface area contributed by atoms with Crippen LogP contribution >= 0.6 is 0 Å². The monoisotopic (exact) mass is 449 g/mol. The first-order valence-electron chi connectivity index (χ1n) is 10.2. The van der Waals surface area contributed by atoms with Crippen molar-refractivity contribution in [3.63, 3.8) is 0 Å². The van der Waals surface area contributed by atoms with Crippen LogP contribution in [0.4, 0.5) is 14.5 Å². The fourth-order valence-electron chi connectivity index (χ4n) is 4.04. The highest BCUT2D eigenvalue weighted by Gasteiger charge is 2.47. The Morgan fingerprint density at radius 2 is 1.61 bits per heavy atom. The number of amides is 1. The third-order valence-corrected chi connectivity index (χ3v) is 5.56. The van der Waals surface area contributed by atoms with Crippen molar-refractivity contribution >= 4 is 23.1 Å². The third-order valence-electron chi connectivity index (χ3n) is 5.56. The third kappa shape index (κ3) is 3.49. The lowest BCUT2D eigenvalue weighted by molar-refractivity contribution is -0.132. The van der Waals surface area contributed by atoms with Gasteiger partial charge in [-0.05, 0) is 48.5 Å². The minimum absolute atomic E-state index is 0.0140. The van der Waals surface area contributed by atoms with Gasteiger partial charge in [0.15, 0.2) is 11.5 Å². The Balaban J connectivity index is 1.71. The summed E-state index contributed by atoms with van der Waals surface area (Å²) >= 11 is 0. The van der Waals surface area contributed by atoms with Gasteiger partial charge >= 0.3 is 0 Å². The van der Waals surface area contributed by atoms with Crippen LogP contribution < -0.4 is 14.4 Å². The molecule has 1 N–H and O–H groups in total. The van der Waals surface area contributed by atoms with E-state index in [9.17, 15) is 23.5 Å².